The Hall–Kier alpha value is -1.12. The van der Waals surface area contributed by atoms with E-state index >= 15 is 0 Å². The van der Waals surface area contributed by atoms with Crippen molar-refractivity contribution in [3.63, 3.8) is 0 Å². The summed E-state index contributed by atoms with van der Waals surface area (Å²) in [4.78, 5) is 9.20. The van der Waals surface area contributed by atoms with Gasteiger partial charge in [-0.25, -0.2) is 9.97 Å². The zero-order valence-corrected chi connectivity index (χ0v) is 9.21. The fourth-order valence-corrected chi connectivity index (χ4v) is 2.30. The quantitative estimate of drug-likeness (QED) is 0.759. The molecule has 1 saturated carbocycles. The van der Waals surface area contributed by atoms with Gasteiger partial charge in [-0.05, 0) is 38.5 Å². The fourth-order valence-electron chi connectivity index (χ4n) is 2.30. The van der Waals surface area contributed by atoms with Crippen LogP contribution in [-0.4, -0.2) is 9.97 Å². The molecule has 0 radical (unpaired) electrons. The van der Waals surface area contributed by atoms with Crippen LogP contribution in [0.1, 0.15) is 49.7 Å². The molecule has 2 aliphatic carbocycles. The van der Waals surface area contributed by atoms with E-state index in [1.807, 2.05) is 0 Å². The molecule has 0 saturated heterocycles. The SMILES string of the molecule is CC1(c2nc(N)c3c(n2)CCCC3)CC1. The van der Waals surface area contributed by atoms with Gasteiger partial charge in [0.2, 0.25) is 0 Å². The Morgan fingerprint density at radius 3 is 2.60 bits per heavy atom. The first-order chi connectivity index (χ1) is 7.19. The van der Waals surface area contributed by atoms with Crippen LogP contribution in [-0.2, 0) is 18.3 Å². The lowest BCUT2D eigenvalue weighted by molar-refractivity contribution is 0.633. The standard InChI is InChI=1S/C12H17N3/c1-12(6-7-12)11-14-9-5-3-2-4-8(9)10(13)15-11/h2-7H2,1H3,(H2,13,14,15). The number of hydrogen-bond donors (Lipinski definition) is 1. The maximum atomic E-state index is 6.02. The molecule has 0 spiro atoms. The summed E-state index contributed by atoms with van der Waals surface area (Å²) in [6.07, 6.45) is 7.07. The van der Waals surface area contributed by atoms with Crippen LogP contribution in [0.2, 0.25) is 0 Å². The summed E-state index contributed by atoms with van der Waals surface area (Å²) in [5.74, 6) is 1.73. The Morgan fingerprint density at radius 2 is 1.87 bits per heavy atom. The number of hydrogen-bond acceptors (Lipinski definition) is 3. The molecule has 0 amide bonds. The summed E-state index contributed by atoms with van der Waals surface area (Å²) in [6, 6.07) is 0. The van der Waals surface area contributed by atoms with E-state index in [-0.39, 0.29) is 5.41 Å². The first-order valence-corrected chi connectivity index (χ1v) is 5.85. The van der Waals surface area contributed by atoms with Gasteiger partial charge >= 0.3 is 0 Å². The minimum Gasteiger partial charge on any atom is -0.383 e. The number of nitrogen functional groups attached to an aromatic ring is 1. The molecular formula is C12H17N3. The number of nitrogens with two attached hydrogens (primary N) is 1. The highest BCUT2D eigenvalue weighted by Crippen LogP contribution is 2.46. The molecule has 0 aliphatic heterocycles. The molecule has 3 heteroatoms. The van der Waals surface area contributed by atoms with Gasteiger partial charge in [0.1, 0.15) is 11.6 Å². The third-order valence-electron chi connectivity index (χ3n) is 3.75. The maximum absolute atomic E-state index is 6.02. The highest BCUT2D eigenvalue weighted by atomic mass is 15.0. The summed E-state index contributed by atoms with van der Waals surface area (Å²) in [5, 5.41) is 0. The van der Waals surface area contributed by atoms with Crippen LogP contribution in [0.5, 0.6) is 0 Å². The van der Waals surface area contributed by atoms with Gasteiger partial charge in [-0.2, -0.15) is 0 Å². The number of nitrogens with zero attached hydrogens (tertiary/aromatic N) is 2. The van der Waals surface area contributed by atoms with Crippen molar-refractivity contribution in [3.8, 4) is 0 Å². The maximum Gasteiger partial charge on any atom is 0.136 e. The van der Waals surface area contributed by atoms with Crippen LogP contribution in [0.3, 0.4) is 0 Å². The highest BCUT2D eigenvalue weighted by Gasteiger charge is 2.42. The fraction of sp³-hybridized carbons (Fsp3) is 0.667. The Kier molecular flexibility index (Phi) is 1.79. The predicted molar refractivity (Wildman–Crippen MR) is 59.7 cm³/mol. The normalized spacial score (nSPS) is 22.2. The van der Waals surface area contributed by atoms with E-state index in [0.717, 1.165) is 24.5 Å². The van der Waals surface area contributed by atoms with Gasteiger partial charge in [0.25, 0.3) is 0 Å². The molecule has 80 valence electrons. The van der Waals surface area contributed by atoms with Gasteiger partial charge in [0, 0.05) is 16.7 Å². The van der Waals surface area contributed by atoms with Crippen LogP contribution < -0.4 is 5.73 Å². The largest absolute Gasteiger partial charge is 0.383 e. The molecule has 0 unspecified atom stereocenters. The first-order valence-electron chi connectivity index (χ1n) is 5.85. The molecule has 1 heterocycles. The van der Waals surface area contributed by atoms with Crippen molar-refractivity contribution in [2.75, 3.05) is 5.73 Å². The lowest BCUT2D eigenvalue weighted by Gasteiger charge is -2.18. The molecule has 3 rings (SSSR count). The van der Waals surface area contributed by atoms with Gasteiger partial charge < -0.3 is 5.73 Å². The number of anilines is 1. The van der Waals surface area contributed by atoms with E-state index in [1.165, 1.54) is 36.9 Å². The molecule has 1 fully saturated rings. The molecule has 0 atom stereocenters. The average Bonchev–Trinajstić information content (AvgIpc) is 2.98. The van der Waals surface area contributed by atoms with Crippen molar-refractivity contribution in [2.24, 2.45) is 0 Å². The Morgan fingerprint density at radius 1 is 1.13 bits per heavy atom. The Balaban J connectivity index is 2.08. The molecule has 1 aromatic heterocycles. The number of aromatic nitrogens is 2. The Labute approximate surface area is 90.1 Å². The second kappa shape index (κ2) is 2.94. The van der Waals surface area contributed by atoms with E-state index in [2.05, 4.69) is 11.9 Å². The number of aryl methyl sites for hydroxylation is 1. The van der Waals surface area contributed by atoms with Crippen molar-refractivity contribution >= 4 is 5.82 Å². The van der Waals surface area contributed by atoms with Crippen molar-refractivity contribution < 1.29 is 0 Å². The topological polar surface area (TPSA) is 51.8 Å². The van der Waals surface area contributed by atoms with Crippen molar-refractivity contribution in [1.29, 1.82) is 0 Å². The van der Waals surface area contributed by atoms with Crippen LogP contribution in [0.25, 0.3) is 0 Å². The Bertz CT molecular complexity index is 408. The third-order valence-corrected chi connectivity index (χ3v) is 3.75. The van der Waals surface area contributed by atoms with E-state index in [4.69, 9.17) is 10.7 Å². The van der Waals surface area contributed by atoms with Crippen molar-refractivity contribution in [1.82, 2.24) is 9.97 Å². The second-order valence-electron chi connectivity index (χ2n) is 5.13. The van der Waals surface area contributed by atoms with Gasteiger partial charge in [0.05, 0.1) is 0 Å². The first kappa shape index (κ1) is 9.13. The van der Waals surface area contributed by atoms with Gasteiger partial charge in [-0.1, -0.05) is 6.92 Å². The van der Waals surface area contributed by atoms with Gasteiger partial charge in [-0.15, -0.1) is 0 Å². The van der Waals surface area contributed by atoms with E-state index in [0.29, 0.717) is 0 Å². The number of rotatable bonds is 1. The summed E-state index contributed by atoms with van der Waals surface area (Å²) in [7, 11) is 0. The summed E-state index contributed by atoms with van der Waals surface area (Å²) in [6.45, 7) is 2.23. The monoisotopic (exact) mass is 203 g/mol. The summed E-state index contributed by atoms with van der Waals surface area (Å²) in [5.41, 5.74) is 8.69. The van der Waals surface area contributed by atoms with E-state index in [9.17, 15) is 0 Å². The van der Waals surface area contributed by atoms with E-state index in [1.54, 1.807) is 0 Å². The summed E-state index contributed by atoms with van der Waals surface area (Å²) < 4.78 is 0. The molecule has 15 heavy (non-hydrogen) atoms. The minimum absolute atomic E-state index is 0.237. The van der Waals surface area contributed by atoms with Crippen molar-refractivity contribution in [3.05, 3.63) is 17.1 Å². The molecule has 0 aromatic carbocycles. The van der Waals surface area contributed by atoms with Crippen molar-refractivity contribution in [2.45, 2.75) is 50.9 Å². The smallest absolute Gasteiger partial charge is 0.136 e. The summed E-state index contributed by atoms with van der Waals surface area (Å²) >= 11 is 0. The molecule has 3 nitrogen and oxygen atoms in total. The predicted octanol–water partition coefficient (Wildman–Crippen LogP) is 1.99. The van der Waals surface area contributed by atoms with Crippen LogP contribution in [0.15, 0.2) is 0 Å². The molecular weight excluding hydrogens is 186 g/mol. The lowest BCUT2D eigenvalue weighted by Crippen LogP contribution is -2.16. The van der Waals surface area contributed by atoms with Crippen LogP contribution in [0.4, 0.5) is 5.82 Å². The zero-order chi connectivity index (χ0) is 10.5. The van der Waals surface area contributed by atoms with Crippen LogP contribution in [0, 0.1) is 0 Å². The highest BCUT2D eigenvalue weighted by molar-refractivity contribution is 5.44. The lowest BCUT2D eigenvalue weighted by atomic mass is 9.96. The molecule has 2 N–H and O–H groups in total. The number of fused-ring (bicyclic) bond motifs is 1. The second-order valence-corrected chi connectivity index (χ2v) is 5.13. The van der Waals surface area contributed by atoms with E-state index < -0.39 is 0 Å². The average molecular weight is 203 g/mol. The van der Waals surface area contributed by atoms with Gasteiger partial charge in [0.15, 0.2) is 0 Å². The molecule has 0 bridgehead atoms. The zero-order valence-electron chi connectivity index (χ0n) is 9.21. The molecule has 2 aliphatic rings. The minimum atomic E-state index is 0.237. The molecule has 1 aromatic rings. The van der Waals surface area contributed by atoms with Gasteiger partial charge in [-0.3, -0.25) is 0 Å². The third kappa shape index (κ3) is 1.41. The van der Waals surface area contributed by atoms with Crippen LogP contribution >= 0.6 is 0 Å².